The second kappa shape index (κ2) is 5.65. The predicted molar refractivity (Wildman–Crippen MR) is 85.2 cm³/mol. The molecule has 7 heteroatoms. The van der Waals surface area contributed by atoms with Crippen LogP contribution in [-0.2, 0) is 10.0 Å². The Morgan fingerprint density at radius 1 is 1.19 bits per heavy atom. The molecule has 0 saturated carbocycles. The molecule has 0 saturated heterocycles. The summed E-state index contributed by atoms with van der Waals surface area (Å²) in [7, 11) is -3.86. The topological polar surface area (TPSA) is 72.2 Å². The van der Waals surface area contributed by atoms with Gasteiger partial charge < -0.3 is 5.73 Å². The molecule has 0 spiro atoms. The highest BCUT2D eigenvalue weighted by Crippen LogP contribution is 2.30. The van der Waals surface area contributed by atoms with Gasteiger partial charge in [-0.25, -0.2) is 12.8 Å². The number of rotatable bonds is 3. The number of sulfonamides is 1. The van der Waals surface area contributed by atoms with Crippen molar-refractivity contribution in [1.29, 1.82) is 0 Å². The van der Waals surface area contributed by atoms with E-state index in [1.54, 1.807) is 19.1 Å². The summed E-state index contributed by atoms with van der Waals surface area (Å²) >= 11 is 3.13. The van der Waals surface area contributed by atoms with E-state index in [0.717, 1.165) is 5.56 Å². The summed E-state index contributed by atoms with van der Waals surface area (Å²) < 4.78 is 40.8. The first kappa shape index (κ1) is 15.8. The fraction of sp³-hybridized carbons (Fsp3) is 0.143. The molecule has 0 fully saturated rings. The summed E-state index contributed by atoms with van der Waals surface area (Å²) in [6.45, 7) is 3.50. The smallest absolute Gasteiger partial charge is 0.264 e. The molecule has 21 heavy (non-hydrogen) atoms. The fourth-order valence-corrected chi connectivity index (χ4v) is 4.03. The van der Waals surface area contributed by atoms with E-state index in [4.69, 9.17) is 5.73 Å². The monoisotopic (exact) mass is 372 g/mol. The van der Waals surface area contributed by atoms with Gasteiger partial charge in [0.05, 0.1) is 11.4 Å². The van der Waals surface area contributed by atoms with E-state index in [0.29, 0.717) is 10.0 Å². The van der Waals surface area contributed by atoms with E-state index in [1.165, 1.54) is 18.2 Å². The Balaban J connectivity index is 2.51. The van der Waals surface area contributed by atoms with Crippen LogP contribution in [0.2, 0.25) is 0 Å². The lowest BCUT2D eigenvalue weighted by molar-refractivity contribution is 0.600. The van der Waals surface area contributed by atoms with Gasteiger partial charge in [0.1, 0.15) is 10.7 Å². The zero-order valence-electron chi connectivity index (χ0n) is 11.4. The molecule has 0 amide bonds. The Morgan fingerprint density at radius 2 is 1.86 bits per heavy atom. The fourth-order valence-electron chi connectivity index (χ4n) is 1.94. The van der Waals surface area contributed by atoms with Gasteiger partial charge in [-0.1, -0.05) is 6.07 Å². The molecule has 0 unspecified atom stereocenters. The quantitative estimate of drug-likeness (QED) is 0.808. The number of hydrogen-bond acceptors (Lipinski definition) is 3. The molecule has 0 radical (unpaired) electrons. The third-order valence-electron chi connectivity index (χ3n) is 3.15. The van der Waals surface area contributed by atoms with Crippen molar-refractivity contribution in [2.75, 3.05) is 10.5 Å². The van der Waals surface area contributed by atoms with Crippen LogP contribution in [0.4, 0.5) is 15.8 Å². The number of halogens is 2. The van der Waals surface area contributed by atoms with Crippen LogP contribution in [0.15, 0.2) is 39.7 Å². The highest BCUT2D eigenvalue weighted by molar-refractivity contribution is 9.10. The van der Waals surface area contributed by atoms with E-state index in [-0.39, 0.29) is 16.3 Å². The van der Waals surface area contributed by atoms with Crippen molar-refractivity contribution in [2.45, 2.75) is 18.7 Å². The molecule has 0 aliphatic heterocycles. The number of aryl methyl sites for hydroxylation is 1. The molecule has 2 aromatic rings. The maximum Gasteiger partial charge on any atom is 0.264 e. The van der Waals surface area contributed by atoms with Crippen LogP contribution in [0.25, 0.3) is 0 Å². The molecule has 0 atom stereocenters. The van der Waals surface area contributed by atoms with Crippen molar-refractivity contribution in [3.63, 3.8) is 0 Å². The van der Waals surface area contributed by atoms with Crippen molar-refractivity contribution in [3.8, 4) is 0 Å². The number of benzene rings is 2. The highest BCUT2D eigenvalue weighted by Gasteiger charge is 2.22. The van der Waals surface area contributed by atoms with Crippen molar-refractivity contribution in [3.05, 3.63) is 51.7 Å². The summed E-state index contributed by atoms with van der Waals surface area (Å²) in [5.74, 6) is -0.462. The second-order valence-electron chi connectivity index (χ2n) is 4.66. The van der Waals surface area contributed by atoms with Gasteiger partial charge in [-0.15, -0.1) is 0 Å². The standard InChI is InChI=1S/C14H14BrFN2O2S/c1-8-3-5-12(17)14(9(8)2)21(19,20)18-13-6-4-10(16)7-11(13)15/h3-7,18H,17H2,1-2H3. The zero-order valence-corrected chi connectivity index (χ0v) is 13.8. The minimum atomic E-state index is -3.86. The molecular formula is C14H14BrFN2O2S. The van der Waals surface area contributed by atoms with Crippen LogP contribution >= 0.6 is 15.9 Å². The molecule has 2 rings (SSSR count). The largest absolute Gasteiger partial charge is 0.398 e. The summed E-state index contributed by atoms with van der Waals surface area (Å²) in [5, 5.41) is 0. The first-order valence-electron chi connectivity index (χ1n) is 6.06. The first-order valence-corrected chi connectivity index (χ1v) is 8.33. The van der Waals surface area contributed by atoms with E-state index >= 15 is 0 Å². The number of nitrogens with two attached hydrogens (primary N) is 1. The molecule has 0 bridgehead atoms. The minimum absolute atomic E-state index is 0.0405. The van der Waals surface area contributed by atoms with Crippen LogP contribution in [0.1, 0.15) is 11.1 Å². The summed E-state index contributed by atoms with van der Waals surface area (Å²) in [6.07, 6.45) is 0. The molecule has 4 nitrogen and oxygen atoms in total. The molecule has 3 N–H and O–H groups in total. The summed E-state index contributed by atoms with van der Waals surface area (Å²) in [4.78, 5) is 0.0405. The van der Waals surface area contributed by atoms with Crippen LogP contribution in [-0.4, -0.2) is 8.42 Å². The average Bonchev–Trinajstić information content (AvgIpc) is 2.37. The minimum Gasteiger partial charge on any atom is -0.398 e. The van der Waals surface area contributed by atoms with Crippen LogP contribution in [0.3, 0.4) is 0 Å². The predicted octanol–water partition coefficient (Wildman–Crippen LogP) is 3.59. The Morgan fingerprint density at radius 3 is 2.48 bits per heavy atom. The van der Waals surface area contributed by atoms with Crippen molar-refractivity contribution < 1.29 is 12.8 Å². The molecule has 0 aliphatic rings. The number of nitrogen functional groups attached to an aromatic ring is 1. The van der Waals surface area contributed by atoms with Crippen LogP contribution in [0, 0.1) is 19.7 Å². The van der Waals surface area contributed by atoms with Crippen LogP contribution in [0.5, 0.6) is 0 Å². The third kappa shape index (κ3) is 3.19. The van der Waals surface area contributed by atoms with Gasteiger partial charge >= 0.3 is 0 Å². The second-order valence-corrected chi connectivity index (χ2v) is 7.13. The Hall–Kier alpha value is -1.60. The maximum atomic E-state index is 13.1. The normalized spacial score (nSPS) is 11.4. The molecule has 0 aromatic heterocycles. The summed E-state index contributed by atoms with van der Waals surface area (Å²) in [5.41, 5.74) is 7.62. The van der Waals surface area contributed by atoms with E-state index in [1.807, 2.05) is 6.92 Å². The van der Waals surface area contributed by atoms with Crippen molar-refractivity contribution in [2.24, 2.45) is 0 Å². The lowest BCUT2D eigenvalue weighted by Crippen LogP contribution is -2.17. The van der Waals surface area contributed by atoms with Gasteiger partial charge in [0, 0.05) is 4.47 Å². The van der Waals surface area contributed by atoms with Gasteiger partial charge in [-0.3, -0.25) is 4.72 Å². The van der Waals surface area contributed by atoms with Gasteiger partial charge in [-0.2, -0.15) is 0 Å². The summed E-state index contributed by atoms with van der Waals surface area (Å²) in [6, 6.07) is 7.02. The molecular weight excluding hydrogens is 359 g/mol. The third-order valence-corrected chi connectivity index (χ3v) is 5.38. The lowest BCUT2D eigenvalue weighted by atomic mass is 10.1. The average molecular weight is 373 g/mol. The number of nitrogens with one attached hydrogen (secondary N) is 1. The molecule has 0 heterocycles. The Labute approximate surface area is 131 Å². The molecule has 0 aliphatic carbocycles. The number of hydrogen-bond donors (Lipinski definition) is 2. The molecule has 112 valence electrons. The van der Waals surface area contributed by atoms with Gasteiger partial charge in [0.2, 0.25) is 0 Å². The zero-order chi connectivity index (χ0) is 15.8. The Bertz CT molecular complexity index is 807. The lowest BCUT2D eigenvalue weighted by Gasteiger charge is -2.15. The van der Waals surface area contributed by atoms with E-state index < -0.39 is 15.8 Å². The maximum absolute atomic E-state index is 13.1. The van der Waals surface area contributed by atoms with E-state index in [9.17, 15) is 12.8 Å². The van der Waals surface area contributed by atoms with E-state index in [2.05, 4.69) is 20.7 Å². The highest BCUT2D eigenvalue weighted by atomic mass is 79.9. The van der Waals surface area contributed by atoms with Gasteiger partial charge in [0.25, 0.3) is 10.0 Å². The van der Waals surface area contributed by atoms with Gasteiger partial charge in [-0.05, 0) is 65.2 Å². The van der Waals surface area contributed by atoms with Crippen molar-refractivity contribution >= 4 is 37.3 Å². The van der Waals surface area contributed by atoms with Crippen LogP contribution < -0.4 is 10.5 Å². The first-order chi connectivity index (χ1) is 9.72. The number of anilines is 2. The SMILES string of the molecule is Cc1ccc(N)c(S(=O)(=O)Nc2ccc(F)cc2Br)c1C. The Kier molecular flexibility index (Phi) is 4.25. The van der Waals surface area contributed by atoms with Crippen molar-refractivity contribution in [1.82, 2.24) is 0 Å². The molecule has 2 aromatic carbocycles. The van der Waals surface area contributed by atoms with Gasteiger partial charge in [0.15, 0.2) is 0 Å².